The van der Waals surface area contributed by atoms with Crippen molar-refractivity contribution in [1.29, 1.82) is 0 Å². The molecule has 1 aromatic heterocycles. The third kappa shape index (κ3) is 6.89. The van der Waals surface area contributed by atoms with E-state index in [0.29, 0.717) is 0 Å². The van der Waals surface area contributed by atoms with Crippen molar-refractivity contribution in [2.24, 2.45) is 0 Å². The fourth-order valence-corrected chi connectivity index (χ4v) is 2.98. The summed E-state index contributed by atoms with van der Waals surface area (Å²) in [6.45, 7) is 6.62. The van der Waals surface area contributed by atoms with Crippen molar-refractivity contribution in [3.05, 3.63) is 48.3 Å². The molecule has 1 aromatic carbocycles. The molecule has 0 aliphatic carbocycles. The van der Waals surface area contributed by atoms with Gasteiger partial charge in [0, 0.05) is 17.5 Å². The number of benzene rings is 1. The number of unbranched alkanes of at least 4 members (excludes halogenated alkanes) is 4. The zero-order chi connectivity index (χ0) is 17.9. The molecule has 1 atom stereocenters. The topological polar surface area (TPSA) is 22.1 Å². The van der Waals surface area contributed by atoms with Gasteiger partial charge in [-0.25, -0.2) is 0 Å². The average Bonchev–Trinajstić information content (AvgIpc) is 2.65. The molecule has 2 heteroatoms. The molecule has 0 N–H and O–H groups in total. The summed E-state index contributed by atoms with van der Waals surface area (Å²) in [5.41, 5.74) is 3.54. The lowest BCUT2D eigenvalue weighted by molar-refractivity contribution is 0.206. The van der Waals surface area contributed by atoms with Crippen molar-refractivity contribution in [1.82, 2.24) is 4.98 Å². The van der Waals surface area contributed by atoms with Crippen LogP contribution in [0.5, 0.6) is 5.75 Å². The second-order valence-corrected chi connectivity index (χ2v) is 6.94. The number of rotatable bonds is 11. The van der Waals surface area contributed by atoms with E-state index in [-0.39, 0.29) is 6.10 Å². The van der Waals surface area contributed by atoms with Crippen LogP contribution in [-0.2, 0) is 6.42 Å². The normalized spacial score (nSPS) is 12.1. The molecular weight excluding hydrogens is 306 g/mol. The van der Waals surface area contributed by atoms with Crippen LogP contribution < -0.4 is 4.74 Å². The molecule has 2 rings (SSSR count). The fraction of sp³-hybridized carbons (Fsp3) is 0.522. The predicted molar refractivity (Wildman–Crippen MR) is 107 cm³/mol. The van der Waals surface area contributed by atoms with E-state index in [9.17, 15) is 0 Å². The van der Waals surface area contributed by atoms with Crippen molar-refractivity contribution in [3.63, 3.8) is 0 Å². The van der Waals surface area contributed by atoms with Crippen LogP contribution in [0.2, 0.25) is 0 Å². The molecule has 0 aliphatic heterocycles. The Morgan fingerprint density at radius 3 is 2.20 bits per heavy atom. The molecule has 0 radical (unpaired) electrons. The number of hydrogen-bond acceptors (Lipinski definition) is 2. The van der Waals surface area contributed by atoms with E-state index < -0.39 is 0 Å². The highest BCUT2D eigenvalue weighted by Gasteiger charge is 2.05. The van der Waals surface area contributed by atoms with Gasteiger partial charge >= 0.3 is 0 Å². The van der Waals surface area contributed by atoms with Crippen LogP contribution in [0.3, 0.4) is 0 Å². The summed E-state index contributed by atoms with van der Waals surface area (Å²) < 4.78 is 6.03. The van der Waals surface area contributed by atoms with Crippen LogP contribution in [0.25, 0.3) is 11.1 Å². The molecule has 0 amide bonds. The Bertz CT molecular complexity index is 588. The lowest BCUT2D eigenvalue weighted by atomic mass is 10.1. The van der Waals surface area contributed by atoms with Crippen LogP contribution in [0, 0.1) is 0 Å². The number of pyridine rings is 1. The molecule has 0 saturated carbocycles. The number of nitrogens with zero attached hydrogens (tertiary/aromatic N) is 1. The van der Waals surface area contributed by atoms with Gasteiger partial charge in [0.15, 0.2) is 0 Å². The first-order valence-corrected chi connectivity index (χ1v) is 9.95. The molecule has 1 heterocycles. The Morgan fingerprint density at radius 1 is 0.840 bits per heavy atom. The minimum atomic E-state index is 0.280. The third-order valence-corrected chi connectivity index (χ3v) is 4.60. The van der Waals surface area contributed by atoms with Gasteiger partial charge in [-0.2, -0.15) is 0 Å². The molecular formula is C23H33NO. The zero-order valence-corrected chi connectivity index (χ0v) is 16.1. The fourth-order valence-electron chi connectivity index (χ4n) is 2.98. The SMILES string of the molecule is CCCCCCC(C)Oc1ccc(-c2ccc(CCCC)nc2)cc1. The molecule has 2 aromatic rings. The maximum Gasteiger partial charge on any atom is 0.119 e. The van der Waals surface area contributed by atoms with E-state index in [1.54, 1.807) is 0 Å². The Labute approximate surface area is 153 Å². The maximum atomic E-state index is 6.03. The van der Waals surface area contributed by atoms with Crippen molar-refractivity contribution >= 4 is 0 Å². The van der Waals surface area contributed by atoms with Crippen LogP contribution in [0.15, 0.2) is 42.6 Å². The second kappa shape index (κ2) is 10.9. The zero-order valence-electron chi connectivity index (χ0n) is 16.1. The average molecular weight is 340 g/mol. The van der Waals surface area contributed by atoms with Crippen molar-refractivity contribution in [3.8, 4) is 16.9 Å². The first-order chi connectivity index (χ1) is 12.2. The second-order valence-electron chi connectivity index (χ2n) is 6.94. The Balaban J connectivity index is 1.86. The summed E-state index contributed by atoms with van der Waals surface area (Å²) in [5, 5.41) is 0. The predicted octanol–water partition coefficient (Wildman–Crippen LogP) is 6.83. The van der Waals surface area contributed by atoms with E-state index in [1.165, 1.54) is 55.3 Å². The van der Waals surface area contributed by atoms with Crippen molar-refractivity contribution in [2.45, 2.75) is 78.2 Å². The van der Waals surface area contributed by atoms with Crippen molar-refractivity contribution in [2.75, 3.05) is 0 Å². The molecule has 0 bridgehead atoms. The smallest absolute Gasteiger partial charge is 0.119 e. The van der Waals surface area contributed by atoms with Gasteiger partial charge in [0.05, 0.1) is 6.10 Å². The molecule has 25 heavy (non-hydrogen) atoms. The molecule has 0 fully saturated rings. The van der Waals surface area contributed by atoms with E-state index in [2.05, 4.69) is 62.2 Å². The molecule has 1 unspecified atom stereocenters. The van der Waals surface area contributed by atoms with E-state index in [1.807, 2.05) is 6.20 Å². The summed E-state index contributed by atoms with van der Waals surface area (Å²) in [6, 6.07) is 12.7. The minimum absolute atomic E-state index is 0.280. The monoisotopic (exact) mass is 339 g/mol. The highest BCUT2D eigenvalue weighted by atomic mass is 16.5. The Morgan fingerprint density at radius 2 is 1.56 bits per heavy atom. The van der Waals surface area contributed by atoms with Gasteiger partial charge in [-0.15, -0.1) is 0 Å². The molecule has 2 nitrogen and oxygen atoms in total. The van der Waals surface area contributed by atoms with Crippen LogP contribution in [-0.4, -0.2) is 11.1 Å². The van der Waals surface area contributed by atoms with Crippen LogP contribution >= 0.6 is 0 Å². The third-order valence-electron chi connectivity index (χ3n) is 4.60. The van der Waals surface area contributed by atoms with Crippen LogP contribution in [0.4, 0.5) is 0 Å². The largest absolute Gasteiger partial charge is 0.491 e. The van der Waals surface area contributed by atoms with E-state index >= 15 is 0 Å². The standard InChI is InChI=1S/C23H33NO/c1-4-6-8-9-10-19(3)25-23-16-13-20(14-17-23)21-12-15-22(24-18-21)11-7-5-2/h12-19H,4-11H2,1-3H3. The molecule has 0 aliphatic rings. The summed E-state index contributed by atoms with van der Waals surface area (Å²) >= 11 is 0. The van der Waals surface area contributed by atoms with Crippen LogP contribution in [0.1, 0.15) is 71.4 Å². The number of ether oxygens (including phenoxy) is 1. The van der Waals surface area contributed by atoms with Gasteiger partial charge in [-0.1, -0.05) is 57.7 Å². The lowest BCUT2D eigenvalue weighted by Gasteiger charge is -2.15. The van der Waals surface area contributed by atoms with Crippen molar-refractivity contribution < 1.29 is 4.74 Å². The molecule has 0 saturated heterocycles. The van der Waals surface area contributed by atoms with Gasteiger partial charge in [0.2, 0.25) is 0 Å². The van der Waals surface area contributed by atoms with E-state index in [0.717, 1.165) is 18.6 Å². The quantitative estimate of drug-likeness (QED) is 0.419. The van der Waals surface area contributed by atoms with Gasteiger partial charge in [0.1, 0.15) is 5.75 Å². The lowest BCUT2D eigenvalue weighted by Crippen LogP contribution is -2.11. The minimum Gasteiger partial charge on any atom is -0.491 e. The summed E-state index contributed by atoms with van der Waals surface area (Å²) in [5.74, 6) is 0.958. The van der Waals surface area contributed by atoms with Gasteiger partial charge in [-0.05, 0) is 56.4 Å². The molecule has 136 valence electrons. The highest BCUT2D eigenvalue weighted by molar-refractivity contribution is 5.63. The maximum absolute atomic E-state index is 6.03. The van der Waals surface area contributed by atoms with Gasteiger partial charge in [0.25, 0.3) is 0 Å². The Hall–Kier alpha value is -1.83. The number of hydrogen-bond donors (Lipinski definition) is 0. The summed E-state index contributed by atoms with van der Waals surface area (Å²) in [4.78, 5) is 4.58. The first kappa shape index (κ1) is 19.5. The van der Waals surface area contributed by atoms with Gasteiger partial charge < -0.3 is 4.74 Å². The summed E-state index contributed by atoms with van der Waals surface area (Å²) in [7, 11) is 0. The molecule has 0 spiro atoms. The number of aromatic nitrogens is 1. The number of aryl methyl sites for hydroxylation is 1. The Kier molecular flexibility index (Phi) is 8.51. The summed E-state index contributed by atoms with van der Waals surface area (Å²) in [6.07, 6.45) is 12.0. The van der Waals surface area contributed by atoms with E-state index in [4.69, 9.17) is 4.74 Å². The first-order valence-electron chi connectivity index (χ1n) is 9.95. The van der Waals surface area contributed by atoms with Gasteiger partial charge in [-0.3, -0.25) is 4.98 Å². The highest BCUT2D eigenvalue weighted by Crippen LogP contribution is 2.23.